The van der Waals surface area contributed by atoms with Gasteiger partial charge in [-0.25, -0.2) is 0 Å². The summed E-state index contributed by atoms with van der Waals surface area (Å²) in [4.78, 5) is 4.11. The van der Waals surface area contributed by atoms with Crippen molar-refractivity contribution in [2.24, 2.45) is 0 Å². The lowest BCUT2D eigenvalue weighted by Crippen LogP contribution is -2.25. The number of fused-ring (bicyclic) bond motifs is 1. The van der Waals surface area contributed by atoms with Gasteiger partial charge < -0.3 is 15.2 Å². The van der Waals surface area contributed by atoms with E-state index in [1.165, 1.54) is 0 Å². The molecule has 0 atom stereocenters. The molecule has 2 heterocycles. The van der Waals surface area contributed by atoms with Crippen LogP contribution in [-0.2, 0) is 4.74 Å². The van der Waals surface area contributed by atoms with E-state index in [2.05, 4.69) is 4.98 Å². The van der Waals surface area contributed by atoms with Gasteiger partial charge in [-0.3, -0.25) is 4.98 Å². The van der Waals surface area contributed by atoms with Crippen LogP contribution in [0.5, 0.6) is 5.75 Å². The topological polar surface area (TPSA) is 57.4 Å². The van der Waals surface area contributed by atoms with Crippen molar-refractivity contribution in [3.8, 4) is 5.75 Å². The molecule has 2 N–H and O–H groups in total. The molecule has 0 aliphatic carbocycles. The number of pyridine rings is 1. The molecular formula is C14H16N2O2. The second kappa shape index (κ2) is 4.82. The molecule has 0 radical (unpaired) electrons. The molecule has 2 aromatic rings. The number of aromatic nitrogens is 1. The lowest BCUT2D eigenvalue weighted by molar-refractivity contribution is 0.0262. The van der Waals surface area contributed by atoms with E-state index in [-0.39, 0.29) is 6.10 Å². The predicted molar refractivity (Wildman–Crippen MR) is 70.6 cm³/mol. The van der Waals surface area contributed by atoms with Crippen molar-refractivity contribution in [3.05, 3.63) is 30.6 Å². The smallest absolute Gasteiger partial charge is 0.127 e. The van der Waals surface area contributed by atoms with Crippen LogP contribution in [0.4, 0.5) is 5.69 Å². The van der Waals surface area contributed by atoms with Crippen LogP contribution >= 0.6 is 0 Å². The maximum absolute atomic E-state index is 6.06. The highest BCUT2D eigenvalue weighted by Gasteiger charge is 2.16. The normalized spacial score (nSPS) is 16.9. The second-order valence-corrected chi connectivity index (χ2v) is 4.50. The zero-order valence-electron chi connectivity index (χ0n) is 10.1. The van der Waals surface area contributed by atoms with Crippen LogP contribution in [0.25, 0.3) is 10.8 Å². The number of hydrogen-bond donors (Lipinski definition) is 1. The summed E-state index contributed by atoms with van der Waals surface area (Å²) in [6.45, 7) is 1.55. The van der Waals surface area contributed by atoms with E-state index >= 15 is 0 Å². The van der Waals surface area contributed by atoms with Crippen molar-refractivity contribution in [2.45, 2.75) is 18.9 Å². The summed E-state index contributed by atoms with van der Waals surface area (Å²) in [5, 5.41) is 1.97. The fourth-order valence-electron chi connectivity index (χ4n) is 2.26. The largest absolute Gasteiger partial charge is 0.490 e. The van der Waals surface area contributed by atoms with Crippen LogP contribution in [0, 0.1) is 0 Å². The molecule has 3 rings (SSSR count). The van der Waals surface area contributed by atoms with Gasteiger partial charge in [0, 0.05) is 41.7 Å². The van der Waals surface area contributed by atoms with Gasteiger partial charge in [0.15, 0.2) is 0 Å². The van der Waals surface area contributed by atoms with E-state index in [0.717, 1.165) is 48.3 Å². The van der Waals surface area contributed by atoms with Crippen molar-refractivity contribution in [1.82, 2.24) is 4.98 Å². The molecule has 4 nitrogen and oxygen atoms in total. The van der Waals surface area contributed by atoms with Crippen molar-refractivity contribution < 1.29 is 9.47 Å². The van der Waals surface area contributed by atoms with E-state index < -0.39 is 0 Å². The highest BCUT2D eigenvalue weighted by atomic mass is 16.5. The molecule has 1 aromatic heterocycles. The SMILES string of the molecule is Nc1ccc(OC2CCOCC2)c2ccncc12. The average Bonchev–Trinajstić information content (AvgIpc) is 2.44. The first-order valence-corrected chi connectivity index (χ1v) is 6.21. The van der Waals surface area contributed by atoms with Gasteiger partial charge in [-0.1, -0.05) is 0 Å². The van der Waals surface area contributed by atoms with Crippen LogP contribution in [0.3, 0.4) is 0 Å². The van der Waals surface area contributed by atoms with Crippen LogP contribution < -0.4 is 10.5 Å². The number of anilines is 1. The molecule has 0 saturated carbocycles. The molecule has 1 saturated heterocycles. The number of nitrogen functional groups attached to an aromatic ring is 1. The number of nitrogens with two attached hydrogens (primary N) is 1. The van der Waals surface area contributed by atoms with Crippen LogP contribution in [0.2, 0.25) is 0 Å². The van der Waals surface area contributed by atoms with Crippen molar-refractivity contribution in [2.75, 3.05) is 18.9 Å². The summed E-state index contributed by atoms with van der Waals surface area (Å²) in [5.41, 5.74) is 6.68. The molecule has 0 bridgehead atoms. The van der Waals surface area contributed by atoms with E-state index in [9.17, 15) is 0 Å². The third-order valence-corrected chi connectivity index (χ3v) is 3.27. The Labute approximate surface area is 106 Å². The maximum atomic E-state index is 6.06. The van der Waals surface area contributed by atoms with Crippen LogP contribution in [0.15, 0.2) is 30.6 Å². The summed E-state index contributed by atoms with van der Waals surface area (Å²) >= 11 is 0. The van der Waals surface area contributed by atoms with E-state index in [1.807, 2.05) is 18.2 Å². The molecule has 0 spiro atoms. The fraction of sp³-hybridized carbons (Fsp3) is 0.357. The average molecular weight is 244 g/mol. The molecule has 0 amide bonds. The van der Waals surface area contributed by atoms with E-state index in [4.69, 9.17) is 15.2 Å². The molecule has 4 heteroatoms. The summed E-state index contributed by atoms with van der Waals surface area (Å²) in [6, 6.07) is 5.76. The third kappa shape index (κ3) is 2.11. The van der Waals surface area contributed by atoms with Crippen molar-refractivity contribution >= 4 is 16.5 Å². The highest BCUT2D eigenvalue weighted by molar-refractivity contribution is 5.96. The monoisotopic (exact) mass is 244 g/mol. The van der Waals surface area contributed by atoms with Gasteiger partial charge in [0.1, 0.15) is 11.9 Å². The number of nitrogens with zero attached hydrogens (tertiary/aromatic N) is 1. The number of ether oxygens (including phenoxy) is 2. The minimum absolute atomic E-state index is 0.235. The van der Waals surface area contributed by atoms with Crippen LogP contribution in [0.1, 0.15) is 12.8 Å². The number of benzene rings is 1. The Kier molecular flexibility index (Phi) is 3.02. The van der Waals surface area contributed by atoms with Gasteiger partial charge in [0.05, 0.1) is 13.2 Å². The lowest BCUT2D eigenvalue weighted by atomic mass is 10.1. The third-order valence-electron chi connectivity index (χ3n) is 3.27. The van der Waals surface area contributed by atoms with Gasteiger partial charge in [-0.2, -0.15) is 0 Å². The zero-order chi connectivity index (χ0) is 12.4. The molecule has 1 fully saturated rings. The number of rotatable bonds is 2. The molecule has 18 heavy (non-hydrogen) atoms. The quantitative estimate of drug-likeness (QED) is 0.824. The van der Waals surface area contributed by atoms with E-state index in [0.29, 0.717) is 0 Å². The Hall–Kier alpha value is -1.81. The zero-order valence-corrected chi connectivity index (χ0v) is 10.1. The Morgan fingerprint density at radius 3 is 2.83 bits per heavy atom. The first-order chi connectivity index (χ1) is 8.84. The minimum Gasteiger partial charge on any atom is -0.490 e. The molecule has 94 valence electrons. The summed E-state index contributed by atoms with van der Waals surface area (Å²) in [6.07, 6.45) is 5.66. The predicted octanol–water partition coefficient (Wildman–Crippen LogP) is 2.37. The minimum atomic E-state index is 0.235. The summed E-state index contributed by atoms with van der Waals surface area (Å²) in [7, 11) is 0. The standard InChI is InChI=1S/C14H16N2O2/c15-13-1-2-14(11-3-6-16-9-12(11)13)18-10-4-7-17-8-5-10/h1-3,6,9-10H,4-5,7-8,15H2. The second-order valence-electron chi connectivity index (χ2n) is 4.50. The Balaban J connectivity index is 1.94. The van der Waals surface area contributed by atoms with E-state index in [1.54, 1.807) is 12.4 Å². The Morgan fingerprint density at radius 1 is 1.17 bits per heavy atom. The van der Waals surface area contributed by atoms with Crippen molar-refractivity contribution in [1.29, 1.82) is 0 Å². The first kappa shape index (κ1) is 11.3. The molecule has 1 aliphatic heterocycles. The summed E-state index contributed by atoms with van der Waals surface area (Å²) < 4.78 is 11.4. The first-order valence-electron chi connectivity index (χ1n) is 6.21. The maximum Gasteiger partial charge on any atom is 0.127 e. The fourth-order valence-corrected chi connectivity index (χ4v) is 2.26. The van der Waals surface area contributed by atoms with Gasteiger partial charge >= 0.3 is 0 Å². The number of hydrogen-bond acceptors (Lipinski definition) is 4. The molecule has 1 aliphatic rings. The van der Waals surface area contributed by atoms with Gasteiger partial charge in [-0.15, -0.1) is 0 Å². The van der Waals surface area contributed by atoms with Crippen LogP contribution in [-0.4, -0.2) is 24.3 Å². The molecule has 1 aromatic carbocycles. The highest BCUT2D eigenvalue weighted by Crippen LogP contribution is 2.30. The van der Waals surface area contributed by atoms with Gasteiger partial charge in [0.25, 0.3) is 0 Å². The summed E-state index contributed by atoms with van der Waals surface area (Å²) in [5.74, 6) is 0.883. The van der Waals surface area contributed by atoms with Gasteiger partial charge in [0.2, 0.25) is 0 Å². The Bertz CT molecular complexity index is 550. The molecular weight excluding hydrogens is 228 g/mol. The Morgan fingerprint density at radius 2 is 2.00 bits per heavy atom. The van der Waals surface area contributed by atoms with Crippen molar-refractivity contribution in [3.63, 3.8) is 0 Å². The lowest BCUT2D eigenvalue weighted by Gasteiger charge is -2.24. The molecule has 0 unspecified atom stereocenters. The van der Waals surface area contributed by atoms with Gasteiger partial charge in [-0.05, 0) is 18.2 Å².